The molecule has 0 bridgehead atoms. The number of rotatable bonds is 15. The topological polar surface area (TPSA) is 202 Å². The van der Waals surface area contributed by atoms with E-state index in [1.807, 2.05) is 36.5 Å². The first-order valence-corrected chi connectivity index (χ1v) is 23.4. The molecule has 1 saturated heterocycles. The third-order valence-corrected chi connectivity index (χ3v) is 13.8. The highest BCUT2D eigenvalue weighted by Crippen LogP contribution is 2.40. The molecule has 3 aliphatic heterocycles. The van der Waals surface area contributed by atoms with Gasteiger partial charge in [-0.3, -0.25) is 24.5 Å². The highest BCUT2D eigenvalue weighted by Gasteiger charge is 2.42. The molecule has 8 rings (SSSR count). The van der Waals surface area contributed by atoms with Crippen LogP contribution in [-0.2, 0) is 25.7 Å². The molecule has 17 nitrogen and oxygen atoms in total. The summed E-state index contributed by atoms with van der Waals surface area (Å²) in [6.45, 7) is 4.28. The Morgan fingerprint density at radius 1 is 1.08 bits per heavy atom. The third-order valence-electron chi connectivity index (χ3n) is 13.8. The highest BCUT2D eigenvalue weighted by atomic mass is 16.5. The lowest BCUT2D eigenvalue weighted by Crippen LogP contribution is -2.78. The quantitative estimate of drug-likeness (QED) is 0.0435. The van der Waals surface area contributed by atoms with E-state index in [9.17, 15) is 19.2 Å². The lowest BCUT2D eigenvalue weighted by molar-refractivity contribution is -0.502. The van der Waals surface area contributed by atoms with Crippen molar-refractivity contribution in [3.63, 3.8) is 0 Å². The Morgan fingerprint density at radius 2 is 1.88 bits per heavy atom. The molecule has 5 N–H and O–H groups in total. The summed E-state index contributed by atoms with van der Waals surface area (Å²) in [5, 5.41) is 9.81. The Hall–Kier alpha value is -6.38. The van der Waals surface area contributed by atoms with Gasteiger partial charge < -0.3 is 40.2 Å². The number of nitrogens with zero attached hydrogens (tertiary/aromatic N) is 7. The van der Waals surface area contributed by atoms with E-state index in [4.69, 9.17) is 20.3 Å². The standard InChI is InChI=1S/C49H61N11O6/c1-5-40-48(64)58(3)42-29-52-49(55-45(42)60(40)35-13-6-7-14-35)53-38-21-16-32(27-43(38)65-4)39(56-50)28-51-33-17-19-34(20-18-33)57(2)24-26-66-25-9-8-11-31-12-10-15-36-37(31)30-59(47(36)63)41-22-23-44(61)54-46(41)62/h10,12,15-16,21,27-29,33-35,40-41H,5-7,9,13-14,17-20,22-26,30,50H2,1-4H3,(H,52,53,55)(H,54,61,62)/p+1/t33?,34?,40-,41?/m1/s1. The SMILES string of the molecule is CC[C@@H]1C(=O)N(C)c2cnc(Nc3ccc(C(C=[NH+]C4CCC(N(C)CCOCCC#Cc5cccc6c5CN(C5CCC(=O)NC5=O)C6=O)CC4)=NN)cc3OC)nc2N1C1CCCC1. The number of hydrazone groups is 1. The number of carbonyl (C=O) groups is 4. The minimum absolute atomic E-state index is 0.0800. The number of carbonyl (C=O) groups excluding carboxylic acids is 4. The molecule has 3 fully saturated rings. The van der Waals surface area contributed by atoms with E-state index < -0.39 is 11.9 Å². The Balaban J connectivity index is 0.784. The van der Waals surface area contributed by atoms with Crippen LogP contribution in [0.25, 0.3) is 0 Å². The maximum absolute atomic E-state index is 13.3. The predicted molar refractivity (Wildman–Crippen MR) is 252 cm³/mol. The number of hydrogen-bond donors (Lipinski definition) is 4. The van der Waals surface area contributed by atoms with E-state index >= 15 is 0 Å². The summed E-state index contributed by atoms with van der Waals surface area (Å²) >= 11 is 0. The van der Waals surface area contributed by atoms with Crippen LogP contribution in [-0.4, -0.2) is 126 Å². The van der Waals surface area contributed by atoms with Crippen LogP contribution in [0.5, 0.6) is 5.75 Å². The Morgan fingerprint density at radius 3 is 2.62 bits per heavy atom. The number of benzene rings is 2. The van der Waals surface area contributed by atoms with Gasteiger partial charge in [0.05, 0.1) is 32.2 Å². The smallest absolute Gasteiger partial charge is 0.255 e. The maximum Gasteiger partial charge on any atom is 0.255 e. The van der Waals surface area contributed by atoms with Crippen LogP contribution in [0.3, 0.4) is 0 Å². The van der Waals surface area contributed by atoms with Crippen molar-refractivity contribution in [3.05, 3.63) is 64.8 Å². The van der Waals surface area contributed by atoms with Gasteiger partial charge in [0, 0.05) is 74.6 Å². The molecule has 3 aromatic rings. The van der Waals surface area contributed by atoms with Crippen LogP contribution >= 0.6 is 0 Å². The number of fused-ring (bicyclic) bond motifs is 2. The van der Waals surface area contributed by atoms with E-state index in [1.165, 1.54) is 0 Å². The zero-order valence-electron chi connectivity index (χ0n) is 38.5. The molecule has 1 unspecified atom stereocenters. The van der Waals surface area contributed by atoms with Gasteiger partial charge in [0.1, 0.15) is 23.5 Å². The van der Waals surface area contributed by atoms with Gasteiger partial charge in [-0.05, 0) is 75.4 Å². The van der Waals surface area contributed by atoms with Crippen LogP contribution in [0.2, 0.25) is 0 Å². The number of aromatic nitrogens is 2. The average molecular weight is 901 g/mol. The number of ether oxygens (including phenoxy) is 2. The van der Waals surface area contributed by atoms with Crippen LogP contribution in [0.4, 0.5) is 23.1 Å². The second-order valence-electron chi connectivity index (χ2n) is 17.8. The van der Waals surface area contributed by atoms with E-state index in [-0.39, 0.29) is 36.2 Å². The molecule has 17 heteroatoms. The Bertz CT molecular complexity index is 2430. The first-order valence-electron chi connectivity index (χ1n) is 23.4. The highest BCUT2D eigenvalue weighted by molar-refractivity contribution is 6.36. The monoisotopic (exact) mass is 900 g/mol. The fourth-order valence-electron chi connectivity index (χ4n) is 10.1. The number of methoxy groups -OCH3 is 1. The summed E-state index contributed by atoms with van der Waals surface area (Å²) < 4.78 is 11.8. The van der Waals surface area contributed by atoms with Gasteiger partial charge in [0.25, 0.3) is 5.91 Å². The van der Waals surface area contributed by atoms with E-state index in [2.05, 4.69) is 61.3 Å². The second kappa shape index (κ2) is 20.8. The van der Waals surface area contributed by atoms with Crippen molar-refractivity contribution in [3.8, 4) is 17.6 Å². The van der Waals surface area contributed by atoms with Crippen LogP contribution in [0, 0.1) is 11.8 Å². The van der Waals surface area contributed by atoms with E-state index in [1.54, 1.807) is 36.2 Å². The molecule has 2 atom stereocenters. The largest absolute Gasteiger partial charge is 0.495 e. The molecule has 66 heavy (non-hydrogen) atoms. The predicted octanol–water partition coefficient (Wildman–Crippen LogP) is 3.01. The van der Waals surface area contributed by atoms with E-state index in [0.29, 0.717) is 79.8 Å². The molecular weight excluding hydrogens is 839 g/mol. The molecular formula is C49H62N11O6+. The Labute approximate surface area is 386 Å². The summed E-state index contributed by atoms with van der Waals surface area (Å²) in [5.41, 5.74) is 4.97. The molecule has 2 aromatic carbocycles. The zero-order chi connectivity index (χ0) is 46.3. The van der Waals surface area contributed by atoms with Crippen molar-refractivity contribution in [2.24, 2.45) is 10.9 Å². The van der Waals surface area contributed by atoms with Crippen LogP contribution in [0.1, 0.15) is 111 Å². The van der Waals surface area contributed by atoms with E-state index in [0.717, 1.165) is 86.1 Å². The molecule has 2 aliphatic carbocycles. The number of amides is 4. The van der Waals surface area contributed by atoms with Gasteiger partial charge >= 0.3 is 0 Å². The van der Waals surface area contributed by atoms with Crippen molar-refractivity contribution in [2.75, 3.05) is 56.1 Å². The van der Waals surface area contributed by atoms with Gasteiger partial charge in [-0.2, -0.15) is 10.1 Å². The molecule has 5 aliphatic rings. The number of imide groups is 1. The van der Waals surface area contributed by atoms with Gasteiger partial charge in [-0.25, -0.2) is 9.98 Å². The number of anilines is 4. The molecule has 0 radical (unpaired) electrons. The summed E-state index contributed by atoms with van der Waals surface area (Å²) in [4.78, 5) is 71.5. The summed E-state index contributed by atoms with van der Waals surface area (Å²) in [6.07, 6.45) is 13.9. The average Bonchev–Trinajstić information content (AvgIpc) is 3.99. The van der Waals surface area contributed by atoms with Gasteiger partial charge in [0.2, 0.25) is 23.7 Å². The molecule has 1 aromatic heterocycles. The normalized spacial score (nSPS) is 22.4. The fraction of sp³-hybridized carbons (Fsp3) is 0.510. The number of piperidine rings is 1. The van der Waals surface area contributed by atoms with Crippen molar-refractivity contribution in [2.45, 2.75) is 121 Å². The van der Waals surface area contributed by atoms with Crippen molar-refractivity contribution >= 4 is 58.7 Å². The minimum atomic E-state index is -0.652. The molecule has 4 amide bonds. The minimum Gasteiger partial charge on any atom is -0.495 e. The number of nitrogens with one attached hydrogen (secondary N) is 3. The van der Waals surface area contributed by atoms with Gasteiger partial charge in [-0.1, -0.05) is 43.7 Å². The first-order chi connectivity index (χ1) is 32.1. The third kappa shape index (κ3) is 9.90. The number of hydrogen-bond acceptors (Lipinski definition) is 13. The first kappa shape index (κ1) is 46.2. The van der Waals surface area contributed by atoms with Crippen molar-refractivity contribution < 1.29 is 33.6 Å². The van der Waals surface area contributed by atoms with Crippen LogP contribution < -0.4 is 36.0 Å². The zero-order valence-corrected chi connectivity index (χ0v) is 38.5. The van der Waals surface area contributed by atoms with Gasteiger partial charge in [-0.15, -0.1) is 0 Å². The van der Waals surface area contributed by atoms with Crippen molar-refractivity contribution in [1.82, 2.24) is 25.1 Å². The fourth-order valence-corrected chi connectivity index (χ4v) is 10.1. The lowest BCUT2D eigenvalue weighted by Gasteiger charge is -2.43. The second-order valence-corrected chi connectivity index (χ2v) is 17.8. The lowest BCUT2D eigenvalue weighted by atomic mass is 9.90. The number of nitrogens with two attached hydrogens (primary N) is 1. The number of likely N-dealkylation sites (N-methyl/N-ethyl adjacent to an activating group) is 2. The Kier molecular flexibility index (Phi) is 14.6. The molecule has 2 saturated carbocycles. The molecule has 0 spiro atoms. The summed E-state index contributed by atoms with van der Waals surface area (Å²) in [7, 11) is 5.57. The summed E-state index contributed by atoms with van der Waals surface area (Å²) in [6, 6.07) is 11.4. The molecule has 348 valence electrons. The molecule has 4 heterocycles. The maximum atomic E-state index is 13.3. The van der Waals surface area contributed by atoms with Gasteiger partial charge in [0.15, 0.2) is 23.8 Å². The summed E-state index contributed by atoms with van der Waals surface area (Å²) in [5.74, 6) is 13.3. The van der Waals surface area contributed by atoms with Crippen molar-refractivity contribution in [1.29, 1.82) is 0 Å². The van der Waals surface area contributed by atoms with Crippen LogP contribution in [0.15, 0.2) is 47.7 Å².